The lowest BCUT2D eigenvalue weighted by molar-refractivity contribution is -0.122. The lowest BCUT2D eigenvalue weighted by atomic mass is 10.1. The van der Waals surface area contributed by atoms with Crippen molar-refractivity contribution in [2.75, 3.05) is 11.1 Å². The van der Waals surface area contributed by atoms with Gasteiger partial charge in [-0.1, -0.05) is 11.6 Å². The van der Waals surface area contributed by atoms with Crippen molar-refractivity contribution < 1.29 is 9.18 Å². The van der Waals surface area contributed by atoms with E-state index in [1.165, 1.54) is 12.1 Å². The van der Waals surface area contributed by atoms with Crippen molar-refractivity contribution in [3.8, 4) is 0 Å². The van der Waals surface area contributed by atoms with E-state index in [9.17, 15) is 9.18 Å². The molecule has 0 bridgehead atoms. The number of nitrogens with two attached hydrogens (primary N) is 1. The van der Waals surface area contributed by atoms with Crippen LogP contribution in [-0.2, 0) is 4.79 Å². The topological polar surface area (TPSA) is 67.1 Å². The third-order valence-corrected chi connectivity index (χ3v) is 2.65. The maximum absolute atomic E-state index is 13.4. The summed E-state index contributed by atoms with van der Waals surface area (Å²) in [7, 11) is 0. The Kier molecular flexibility index (Phi) is 4.63. The number of amides is 1. The molecule has 0 radical (unpaired) electrons. The summed E-state index contributed by atoms with van der Waals surface area (Å²) in [4.78, 5) is 11.9. The van der Waals surface area contributed by atoms with Crippen LogP contribution in [0.15, 0.2) is 12.1 Å². The van der Waals surface area contributed by atoms with Gasteiger partial charge in [0, 0.05) is 11.6 Å². The zero-order valence-corrected chi connectivity index (χ0v) is 12.2. The van der Waals surface area contributed by atoms with Gasteiger partial charge in [-0.15, -0.1) is 0 Å². The molecule has 0 spiro atoms. The largest absolute Gasteiger partial charge is 0.397 e. The maximum Gasteiger partial charge on any atom is 0.242 e. The number of nitrogens with one attached hydrogen (secondary N) is 2. The molecule has 1 rings (SSSR count). The molecule has 0 saturated carbocycles. The predicted molar refractivity (Wildman–Crippen MR) is 76.8 cm³/mol. The second-order valence-electron chi connectivity index (χ2n) is 5.46. The first kappa shape index (κ1) is 15.6. The van der Waals surface area contributed by atoms with Crippen LogP contribution in [0.25, 0.3) is 0 Å². The molecule has 4 N–H and O–H groups in total. The summed E-state index contributed by atoms with van der Waals surface area (Å²) in [6, 6.07) is 1.95. The summed E-state index contributed by atoms with van der Waals surface area (Å²) < 4.78 is 13.4. The summed E-state index contributed by atoms with van der Waals surface area (Å²) in [6.45, 7) is 7.32. The summed E-state index contributed by atoms with van der Waals surface area (Å²) in [5.41, 5.74) is 6.03. The molecule has 0 heterocycles. The highest BCUT2D eigenvalue weighted by molar-refractivity contribution is 6.31. The van der Waals surface area contributed by atoms with Crippen molar-refractivity contribution in [1.82, 2.24) is 5.32 Å². The third-order valence-electron chi connectivity index (χ3n) is 2.36. The van der Waals surface area contributed by atoms with E-state index in [1.807, 2.05) is 20.8 Å². The van der Waals surface area contributed by atoms with E-state index in [4.69, 9.17) is 17.3 Å². The number of nitrogen functional groups attached to an aromatic ring is 1. The smallest absolute Gasteiger partial charge is 0.242 e. The molecule has 0 aliphatic carbocycles. The van der Waals surface area contributed by atoms with Crippen molar-refractivity contribution in [3.05, 3.63) is 23.0 Å². The fourth-order valence-corrected chi connectivity index (χ4v) is 1.64. The summed E-state index contributed by atoms with van der Waals surface area (Å²) in [5, 5.41) is 5.64. The van der Waals surface area contributed by atoms with Gasteiger partial charge in [0.05, 0.1) is 16.4 Å². The number of rotatable bonds is 3. The minimum Gasteiger partial charge on any atom is -0.397 e. The molecule has 0 saturated heterocycles. The molecule has 106 valence electrons. The number of benzene rings is 1. The predicted octanol–water partition coefficient (Wildman–Crippen LogP) is 2.78. The molecule has 1 aromatic carbocycles. The van der Waals surface area contributed by atoms with Crippen molar-refractivity contribution in [2.24, 2.45) is 0 Å². The van der Waals surface area contributed by atoms with E-state index in [2.05, 4.69) is 10.6 Å². The number of halogens is 2. The van der Waals surface area contributed by atoms with Crippen LogP contribution >= 0.6 is 11.6 Å². The van der Waals surface area contributed by atoms with Gasteiger partial charge in [-0.25, -0.2) is 4.39 Å². The Bertz CT molecular complexity index is 486. The third kappa shape index (κ3) is 4.59. The maximum atomic E-state index is 13.4. The minimum atomic E-state index is -0.582. The Morgan fingerprint density at radius 2 is 2.00 bits per heavy atom. The van der Waals surface area contributed by atoms with Gasteiger partial charge in [-0.2, -0.15) is 0 Å². The monoisotopic (exact) mass is 287 g/mol. The highest BCUT2D eigenvalue weighted by atomic mass is 35.5. The first-order valence-corrected chi connectivity index (χ1v) is 6.31. The van der Waals surface area contributed by atoms with Crippen LogP contribution in [0.1, 0.15) is 27.7 Å². The van der Waals surface area contributed by atoms with Gasteiger partial charge in [0.25, 0.3) is 0 Å². The fraction of sp³-hybridized carbons (Fsp3) is 0.462. The Morgan fingerprint density at radius 1 is 1.42 bits per heavy atom. The van der Waals surface area contributed by atoms with Crippen molar-refractivity contribution in [3.63, 3.8) is 0 Å². The quantitative estimate of drug-likeness (QED) is 0.749. The Labute approximate surface area is 117 Å². The van der Waals surface area contributed by atoms with Crippen LogP contribution in [-0.4, -0.2) is 17.5 Å². The van der Waals surface area contributed by atoms with Gasteiger partial charge in [-0.05, 0) is 33.8 Å². The molecule has 1 amide bonds. The van der Waals surface area contributed by atoms with E-state index in [0.717, 1.165) is 0 Å². The molecule has 0 fully saturated rings. The van der Waals surface area contributed by atoms with E-state index in [0.29, 0.717) is 11.4 Å². The van der Waals surface area contributed by atoms with Gasteiger partial charge in [0.15, 0.2) is 0 Å². The average Bonchev–Trinajstić information content (AvgIpc) is 2.23. The molecule has 0 aliphatic rings. The van der Waals surface area contributed by atoms with E-state index < -0.39 is 11.9 Å². The van der Waals surface area contributed by atoms with Crippen molar-refractivity contribution in [1.29, 1.82) is 0 Å². The molecular formula is C13H19ClFN3O. The Balaban J connectivity index is 2.80. The van der Waals surface area contributed by atoms with Crippen LogP contribution in [0.5, 0.6) is 0 Å². The van der Waals surface area contributed by atoms with Crippen LogP contribution in [0.2, 0.25) is 5.02 Å². The number of carbonyl (C=O) groups is 1. The minimum absolute atomic E-state index is 0.0464. The van der Waals surface area contributed by atoms with Gasteiger partial charge >= 0.3 is 0 Å². The van der Waals surface area contributed by atoms with Crippen LogP contribution in [0.4, 0.5) is 15.8 Å². The molecule has 6 heteroatoms. The van der Waals surface area contributed by atoms with Gasteiger partial charge in [-0.3, -0.25) is 4.79 Å². The lowest BCUT2D eigenvalue weighted by Gasteiger charge is -2.24. The molecule has 4 nitrogen and oxygen atoms in total. The van der Waals surface area contributed by atoms with Crippen LogP contribution in [0, 0.1) is 5.82 Å². The fourth-order valence-electron chi connectivity index (χ4n) is 1.46. The molecule has 1 atom stereocenters. The molecular weight excluding hydrogens is 269 g/mol. The van der Waals surface area contributed by atoms with E-state index in [1.54, 1.807) is 6.92 Å². The van der Waals surface area contributed by atoms with Crippen molar-refractivity contribution >= 4 is 28.9 Å². The zero-order valence-electron chi connectivity index (χ0n) is 11.5. The van der Waals surface area contributed by atoms with Crippen LogP contribution < -0.4 is 16.4 Å². The second kappa shape index (κ2) is 5.65. The van der Waals surface area contributed by atoms with E-state index >= 15 is 0 Å². The Morgan fingerprint density at radius 3 is 2.53 bits per heavy atom. The summed E-state index contributed by atoms with van der Waals surface area (Å²) >= 11 is 5.61. The number of hydrogen-bond acceptors (Lipinski definition) is 3. The normalized spacial score (nSPS) is 12.9. The standard InChI is InChI=1S/C13H19ClFN3O/c1-7(12(19)18-13(2,3)4)17-11-6-9(15)8(14)5-10(11)16/h5-7,17H,16H2,1-4H3,(H,18,19). The molecule has 1 unspecified atom stereocenters. The van der Waals surface area contributed by atoms with Gasteiger partial charge in [0.1, 0.15) is 11.9 Å². The number of anilines is 2. The highest BCUT2D eigenvalue weighted by Crippen LogP contribution is 2.26. The first-order valence-electron chi connectivity index (χ1n) is 5.93. The molecule has 1 aromatic rings. The van der Waals surface area contributed by atoms with Gasteiger partial charge < -0.3 is 16.4 Å². The zero-order chi connectivity index (χ0) is 14.8. The molecule has 0 aliphatic heterocycles. The SMILES string of the molecule is CC(Nc1cc(F)c(Cl)cc1N)C(=O)NC(C)(C)C. The highest BCUT2D eigenvalue weighted by Gasteiger charge is 2.20. The Hall–Kier alpha value is -1.49. The number of hydrogen-bond donors (Lipinski definition) is 3. The first-order chi connectivity index (χ1) is 8.60. The van der Waals surface area contributed by atoms with Crippen LogP contribution in [0.3, 0.4) is 0 Å². The molecule has 19 heavy (non-hydrogen) atoms. The number of carbonyl (C=O) groups excluding carboxylic acids is 1. The van der Waals surface area contributed by atoms with Gasteiger partial charge in [0.2, 0.25) is 5.91 Å². The molecule has 0 aromatic heterocycles. The summed E-state index contributed by atoms with van der Waals surface area (Å²) in [6.07, 6.45) is 0. The lowest BCUT2D eigenvalue weighted by Crippen LogP contribution is -2.47. The average molecular weight is 288 g/mol. The second-order valence-corrected chi connectivity index (χ2v) is 5.87. The summed E-state index contributed by atoms with van der Waals surface area (Å²) in [5.74, 6) is -0.774. The van der Waals surface area contributed by atoms with E-state index in [-0.39, 0.29) is 16.5 Å². The van der Waals surface area contributed by atoms with Crippen molar-refractivity contribution in [2.45, 2.75) is 39.3 Å².